The van der Waals surface area contributed by atoms with E-state index in [2.05, 4.69) is 24.1 Å². The number of rotatable bonds is 7. The van der Waals surface area contributed by atoms with Gasteiger partial charge in [-0.05, 0) is 48.6 Å². The molecule has 3 rings (SSSR count). The topological polar surface area (TPSA) is 82.6 Å². The number of carbonyl (C=O) groups excluding carboxylic acids is 3. The minimum absolute atomic E-state index is 0.0248. The number of pyridine rings is 1. The van der Waals surface area contributed by atoms with Crippen LogP contribution in [0.1, 0.15) is 53.5 Å². The van der Waals surface area contributed by atoms with E-state index in [1.807, 2.05) is 6.92 Å². The third-order valence-corrected chi connectivity index (χ3v) is 5.75. The first-order valence-corrected chi connectivity index (χ1v) is 11.8. The number of amides is 4. The van der Waals surface area contributed by atoms with Gasteiger partial charge in [0.2, 0.25) is 0 Å². The van der Waals surface area contributed by atoms with E-state index in [9.17, 15) is 31.9 Å². The molecule has 1 N–H and O–H groups in total. The molecule has 1 aromatic heterocycles. The molecule has 0 radical (unpaired) electrons. The highest BCUT2D eigenvalue weighted by atomic mass is 35.5. The van der Waals surface area contributed by atoms with Gasteiger partial charge in [0.05, 0.1) is 17.7 Å². The molecular weight excluding hydrogens is 516 g/mol. The first kappa shape index (κ1) is 28.1. The van der Waals surface area contributed by atoms with E-state index in [1.165, 1.54) is 30.6 Å². The van der Waals surface area contributed by atoms with Gasteiger partial charge in [0, 0.05) is 24.0 Å². The van der Waals surface area contributed by atoms with Crippen molar-refractivity contribution in [3.05, 3.63) is 70.3 Å². The number of benzene rings is 1. The average molecular weight is 541 g/mol. The number of urea groups is 1. The lowest BCUT2D eigenvalue weighted by Crippen LogP contribution is -2.47. The Hall–Kier alpha value is -3.47. The van der Waals surface area contributed by atoms with Crippen LogP contribution in [-0.4, -0.2) is 40.8 Å². The van der Waals surface area contributed by atoms with Gasteiger partial charge in [-0.3, -0.25) is 19.4 Å². The molecule has 0 aliphatic carbocycles. The third kappa shape index (κ3) is 6.65. The number of anilines is 1. The maximum atomic E-state index is 14.1. The Bertz CT molecular complexity index is 1220. The van der Waals surface area contributed by atoms with Crippen LogP contribution in [0.2, 0.25) is 5.02 Å². The zero-order valence-electron chi connectivity index (χ0n) is 20.3. The molecule has 1 atom stereocenters. The number of alkyl halides is 3. The molecule has 198 valence electrons. The summed E-state index contributed by atoms with van der Waals surface area (Å²) in [4.78, 5) is 43.9. The molecule has 4 amide bonds. The summed E-state index contributed by atoms with van der Waals surface area (Å²) in [6.07, 6.45) is -0.356. The van der Waals surface area contributed by atoms with Crippen molar-refractivity contribution >= 4 is 35.3 Å². The van der Waals surface area contributed by atoms with Crippen LogP contribution in [0.5, 0.6) is 0 Å². The highest BCUT2D eigenvalue weighted by molar-refractivity contribution is 6.31. The number of aromatic nitrogens is 1. The Morgan fingerprint density at radius 2 is 1.89 bits per heavy atom. The number of halogens is 5. The van der Waals surface area contributed by atoms with Gasteiger partial charge in [0.25, 0.3) is 11.8 Å². The molecule has 1 aliphatic heterocycles. The third-order valence-electron chi connectivity index (χ3n) is 5.54. The second-order valence-corrected chi connectivity index (χ2v) is 9.55. The Kier molecular flexibility index (Phi) is 8.57. The summed E-state index contributed by atoms with van der Waals surface area (Å²) in [6.45, 7) is 6.34. The van der Waals surface area contributed by atoms with Crippen LogP contribution < -0.4 is 10.2 Å². The smallest absolute Gasteiger partial charge is 0.352 e. The fraction of sp³-hybridized carbons (Fsp3) is 0.360. The van der Waals surface area contributed by atoms with E-state index in [-0.39, 0.29) is 29.8 Å². The maximum absolute atomic E-state index is 14.1. The second kappa shape index (κ2) is 11.3. The molecule has 7 nitrogen and oxygen atoms in total. The fourth-order valence-electron chi connectivity index (χ4n) is 3.97. The summed E-state index contributed by atoms with van der Waals surface area (Å²) >= 11 is 5.69. The molecule has 0 bridgehead atoms. The standard InChI is InChI=1S/C25H25ClF4N4O3/c1-14(2)9-15(3)12-32-22(35)16-5-6-20(31-13-16)33-7-4-8-34(24(33)37)23(36)18-10-17(26)11-19(27)21(18)25(28,29)30/h4-7,10-11,13-15H,8-9,12H2,1-3H3,(H,32,35). The number of nitrogens with one attached hydrogen (secondary N) is 1. The van der Waals surface area contributed by atoms with E-state index in [4.69, 9.17) is 11.6 Å². The molecule has 0 fully saturated rings. The maximum Gasteiger partial charge on any atom is 0.420 e. The number of nitrogens with zero attached hydrogens (tertiary/aromatic N) is 3. The fourth-order valence-corrected chi connectivity index (χ4v) is 4.17. The van der Waals surface area contributed by atoms with E-state index in [0.717, 1.165) is 11.3 Å². The van der Waals surface area contributed by atoms with Crippen LogP contribution in [0.15, 0.2) is 42.7 Å². The van der Waals surface area contributed by atoms with E-state index in [1.54, 1.807) is 0 Å². The van der Waals surface area contributed by atoms with Crippen LogP contribution in [0.3, 0.4) is 0 Å². The van der Waals surface area contributed by atoms with Gasteiger partial charge >= 0.3 is 12.2 Å². The monoisotopic (exact) mass is 540 g/mol. The van der Waals surface area contributed by atoms with Gasteiger partial charge in [-0.2, -0.15) is 13.2 Å². The Balaban J connectivity index is 1.78. The highest BCUT2D eigenvalue weighted by Crippen LogP contribution is 2.36. The van der Waals surface area contributed by atoms with Crippen molar-refractivity contribution in [2.75, 3.05) is 18.0 Å². The predicted molar refractivity (Wildman–Crippen MR) is 130 cm³/mol. The van der Waals surface area contributed by atoms with Crippen molar-refractivity contribution in [1.82, 2.24) is 15.2 Å². The van der Waals surface area contributed by atoms with Crippen molar-refractivity contribution in [3.63, 3.8) is 0 Å². The minimum atomic E-state index is -5.20. The van der Waals surface area contributed by atoms with Crippen molar-refractivity contribution < 1.29 is 31.9 Å². The van der Waals surface area contributed by atoms with Crippen molar-refractivity contribution in [2.45, 2.75) is 33.4 Å². The Labute approximate surface area is 216 Å². The van der Waals surface area contributed by atoms with Crippen molar-refractivity contribution in [1.29, 1.82) is 0 Å². The van der Waals surface area contributed by atoms with E-state index in [0.29, 0.717) is 29.5 Å². The van der Waals surface area contributed by atoms with Gasteiger partial charge in [-0.1, -0.05) is 32.4 Å². The summed E-state index contributed by atoms with van der Waals surface area (Å²) in [6, 6.07) is 2.90. The Morgan fingerprint density at radius 3 is 2.49 bits per heavy atom. The van der Waals surface area contributed by atoms with Gasteiger partial charge < -0.3 is 5.32 Å². The molecule has 2 aromatic rings. The second-order valence-electron chi connectivity index (χ2n) is 9.11. The minimum Gasteiger partial charge on any atom is -0.352 e. The van der Waals surface area contributed by atoms with Gasteiger partial charge in [0.1, 0.15) is 17.2 Å². The largest absolute Gasteiger partial charge is 0.420 e. The van der Waals surface area contributed by atoms with Crippen LogP contribution in [0, 0.1) is 17.7 Å². The quantitative estimate of drug-likeness (QED) is 0.443. The molecule has 1 aliphatic rings. The first-order valence-electron chi connectivity index (χ1n) is 11.4. The Morgan fingerprint density at radius 1 is 1.19 bits per heavy atom. The first-order chi connectivity index (χ1) is 17.3. The summed E-state index contributed by atoms with van der Waals surface area (Å²) < 4.78 is 54.5. The van der Waals surface area contributed by atoms with Crippen LogP contribution >= 0.6 is 11.6 Å². The molecule has 0 saturated carbocycles. The van der Waals surface area contributed by atoms with Crippen LogP contribution in [0.25, 0.3) is 0 Å². The average Bonchev–Trinajstić information content (AvgIpc) is 2.80. The number of imide groups is 1. The molecule has 1 aromatic carbocycles. The SMILES string of the molecule is CC(C)CC(C)CNC(=O)c1ccc(N2C=CCN(C(=O)c3cc(Cl)cc(F)c3C(F)(F)F)C2=O)nc1. The molecular formula is C25H25ClF4N4O3. The number of hydrogen-bond acceptors (Lipinski definition) is 4. The van der Waals surface area contributed by atoms with Gasteiger partial charge in [-0.25, -0.2) is 14.2 Å². The lowest BCUT2D eigenvalue weighted by atomic mass is 9.99. The summed E-state index contributed by atoms with van der Waals surface area (Å²) in [7, 11) is 0. The van der Waals surface area contributed by atoms with Gasteiger partial charge in [0.15, 0.2) is 0 Å². The molecule has 0 saturated heterocycles. The summed E-state index contributed by atoms with van der Waals surface area (Å²) in [5, 5.41) is 2.39. The lowest BCUT2D eigenvalue weighted by Gasteiger charge is -2.30. The summed E-state index contributed by atoms with van der Waals surface area (Å²) in [5.41, 5.74) is -2.66. The normalized spacial score (nSPS) is 14.8. The predicted octanol–water partition coefficient (Wildman–Crippen LogP) is 5.90. The van der Waals surface area contributed by atoms with Crippen molar-refractivity contribution in [3.8, 4) is 0 Å². The molecule has 2 heterocycles. The van der Waals surface area contributed by atoms with Gasteiger partial charge in [-0.15, -0.1) is 0 Å². The van der Waals surface area contributed by atoms with E-state index < -0.39 is 40.1 Å². The molecule has 12 heteroatoms. The molecule has 37 heavy (non-hydrogen) atoms. The van der Waals surface area contributed by atoms with Crippen molar-refractivity contribution in [2.24, 2.45) is 11.8 Å². The summed E-state index contributed by atoms with van der Waals surface area (Å²) in [5.74, 6) is -2.66. The van der Waals surface area contributed by atoms with Crippen LogP contribution in [-0.2, 0) is 6.18 Å². The lowest BCUT2D eigenvalue weighted by molar-refractivity contribution is -0.140. The number of carbonyl (C=O) groups is 3. The molecule has 0 spiro atoms. The molecule has 1 unspecified atom stereocenters. The highest BCUT2D eigenvalue weighted by Gasteiger charge is 2.41. The van der Waals surface area contributed by atoms with Crippen LogP contribution in [0.4, 0.5) is 28.2 Å². The number of hydrogen-bond donors (Lipinski definition) is 1. The zero-order valence-corrected chi connectivity index (χ0v) is 21.0. The zero-order chi connectivity index (χ0) is 27.5. The van der Waals surface area contributed by atoms with E-state index >= 15 is 0 Å².